The van der Waals surface area contributed by atoms with E-state index in [1.165, 1.54) is 9.36 Å². The van der Waals surface area contributed by atoms with E-state index in [0.29, 0.717) is 102 Å². The van der Waals surface area contributed by atoms with Crippen LogP contribution in [0, 0.1) is 6.92 Å². The van der Waals surface area contributed by atoms with E-state index < -0.39 is 47.3 Å². The number of benzene rings is 3. The van der Waals surface area contributed by atoms with Crippen molar-refractivity contribution < 1.29 is 56.4 Å². The molecule has 4 atom stereocenters. The SMILES string of the molecule is CC(C(=O)Nc1cc(C(C)(C)C)on1)c1ccc(-c2nn(C(C)C)c(N)c2C(N)=O)nc1.CCC(C)(C)c1cc(NC(=O)C(C)c2ccc(-c3nn(C(C)C)c(N)c3C(N)=O)cc2)no1.CCC(C)(C)c1cc(NC(=O)C(C)c2ccc(-c3nn(C(C)C)c(N)c3C(N)=O)nc2)no1.Cc1ccc(-c2cc(NC(=O)C(C)c3ccc(-c4nn(C(C)C)c(N)c4C(N)=O)cc3)on2)c(Cl)c1. The van der Waals surface area contributed by atoms with E-state index in [1.54, 1.807) is 127 Å². The normalized spacial score (nSPS) is 12.5. The fourth-order valence-corrected chi connectivity index (χ4v) is 14.1. The van der Waals surface area contributed by atoms with Gasteiger partial charge in [0, 0.05) is 93.8 Å². The van der Waals surface area contributed by atoms with Crippen LogP contribution in [-0.2, 0) is 35.4 Å². The standard InChI is InChI=1S/C26H27ClN6O3.C24H32N6O3.C23H31N7O3.C22H29N7O3/c1-13(2)33-24(28)22(25(29)34)23(31-33)17-8-6-16(7-9-17)15(4)26(35)30-21-12-20(32-36-21)18-10-5-14(3)11-19(18)27;1-7-24(5,6)17-12-18(29-33-17)27-23(32)14(4)15-8-10-16(11-9-15)20-19(22(26)31)21(25)30(28-20)13(2)3;1-7-23(5,6)16-10-17(29-33-16)27-22(32)13(4)14-8-9-15(26-11-14)19-18(21(25)31)20(24)30(28-19)12(2)3;1-11(2)29-19(23)17(20(24)30)18(27-29)14-8-7-13(10-25-14)12(3)21(31)26-16-9-15(32-28-16)22(4,5)6/h5-13,15H,28H2,1-4H3,(H2,29,34)(H,30,35);8-14H,7,25H2,1-6H3,(H2,26,31)(H,27,29,32);8-13H,7,24H2,1-6H3,(H2,25,31)(H,27,29,32);7-12H,23H2,1-6H3,(H2,24,30)(H,26,28,31). The Kier molecular flexibility index (Phi) is 31.3. The zero-order valence-electron chi connectivity index (χ0n) is 79.3. The van der Waals surface area contributed by atoms with Gasteiger partial charge >= 0.3 is 0 Å². The quantitative estimate of drug-likeness (QED) is 0.0207. The van der Waals surface area contributed by atoms with Crippen molar-refractivity contribution in [3.8, 4) is 56.5 Å². The molecule has 0 radical (unpaired) electrons. The highest BCUT2D eigenvalue weighted by atomic mass is 35.5. The van der Waals surface area contributed by atoms with Gasteiger partial charge in [0.1, 0.15) is 91.3 Å². The topological polar surface area (TPSA) is 594 Å². The third-order valence-corrected chi connectivity index (χ3v) is 23.3. The number of aryl methyl sites for hydroxylation is 1. The summed E-state index contributed by atoms with van der Waals surface area (Å²) in [6, 6.07) is 33.6. The van der Waals surface area contributed by atoms with Crippen LogP contribution in [0.15, 0.2) is 146 Å². The van der Waals surface area contributed by atoms with Crippen LogP contribution in [0.5, 0.6) is 0 Å². The molecule has 4 unspecified atom stereocenters. The Balaban J connectivity index is 0.000000185. The summed E-state index contributed by atoms with van der Waals surface area (Å²) in [4.78, 5) is 108. The molecule has 0 aliphatic carbocycles. The van der Waals surface area contributed by atoms with Crippen molar-refractivity contribution in [2.45, 2.75) is 229 Å². The average Bonchev–Trinajstić information content (AvgIpc) is 1.65. The zero-order valence-corrected chi connectivity index (χ0v) is 80.1. The second kappa shape index (κ2) is 41.6. The number of carbonyl (C=O) groups is 8. The third kappa shape index (κ3) is 22.9. The molecule has 10 heterocycles. The molecule has 0 fully saturated rings. The Morgan fingerprint density at radius 1 is 0.373 bits per heavy atom. The summed E-state index contributed by atoms with van der Waals surface area (Å²) in [5.74, 6) is -1.23. The third-order valence-electron chi connectivity index (χ3n) is 23.0. The van der Waals surface area contributed by atoms with Gasteiger partial charge in [0.15, 0.2) is 17.5 Å². The number of primary amides is 4. The summed E-state index contributed by atoms with van der Waals surface area (Å²) in [6.45, 7) is 42.7. The van der Waals surface area contributed by atoms with Crippen molar-refractivity contribution in [3.63, 3.8) is 0 Å². The summed E-state index contributed by atoms with van der Waals surface area (Å²) in [6.07, 6.45) is 4.90. The minimum atomic E-state index is -0.676. The van der Waals surface area contributed by atoms with Crippen molar-refractivity contribution >= 4 is 105 Å². The summed E-state index contributed by atoms with van der Waals surface area (Å²) >= 11 is 6.31. The Bertz CT molecular complexity index is 6250. The first kappa shape index (κ1) is 101. The molecule has 0 aliphatic rings. The maximum absolute atomic E-state index is 12.9. The van der Waals surface area contributed by atoms with Gasteiger partial charge in [0.2, 0.25) is 29.5 Å². The summed E-state index contributed by atoms with van der Waals surface area (Å²) in [5, 5.41) is 45.4. The number of nitrogens with one attached hydrogen (secondary N) is 4. The Labute approximate surface area is 780 Å². The summed E-state index contributed by atoms with van der Waals surface area (Å²) in [7, 11) is 0. The van der Waals surface area contributed by atoms with Crippen molar-refractivity contribution in [2.24, 2.45) is 22.9 Å². The Morgan fingerprint density at radius 2 is 0.679 bits per heavy atom. The van der Waals surface area contributed by atoms with Crippen molar-refractivity contribution in [3.05, 3.63) is 200 Å². The van der Waals surface area contributed by atoms with Crippen LogP contribution in [0.4, 0.5) is 46.6 Å². The lowest BCUT2D eigenvalue weighted by Gasteiger charge is -2.17. The van der Waals surface area contributed by atoms with Crippen molar-refractivity contribution in [1.82, 2.24) is 69.7 Å². The fourth-order valence-electron chi connectivity index (χ4n) is 13.7. The smallest absolute Gasteiger partial charge is 0.254 e. The molecule has 13 aromatic rings. The minimum Gasteiger partial charge on any atom is -0.383 e. The van der Waals surface area contributed by atoms with E-state index in [9.17, 15) is 38.4 Å². The van der Waals surface area contributed by atoms with E-state index in [2.05, 4.69) is 114 Å². The highest BCUT2D eigenvalue weighted by Crippen LogP contribution is 2.39. The first-order valence-corrected chi connectivity index (χ1v) is 44.0. The Morgan fingerprint density at radius 3 is 0.978 bits per heavy atom. The lowest BCUT2D eigenvalue weighted by Crippen LogP contribution is -2.19. The van der Waals surface area contributed by atoms with Crippen LogP contribution in [0.3, 0.4) is 0 Å². The number of hydrogen-bond acceptors (Lipinski definition) is 26. The van der Waals surface area contributed by atoms with Crippen LogP contribution in [0.1, 0.15) is 293 Å². The van der Waals surface area contributed by atoms with Gasteiger partial charge in [0.25, 0.3) is 23.6 Å². The number of halogens is 1. The number of rotatable bonds is 29. The largest absolute Gasteiger partial charge is 0.383 e. The van der Waals surface area contributed by atoms with E-state index >= 15 is 0 Å². The molecule has 20 N–H and O–H groups in total. The second-order valence-corrected chi connectivity index (χ2v) is 36.5. The zero-order chi connectivity index (χ0) is 98.9. The number of anilines is 8. The van der Waals surface area contributed by atoms with Gasteiger partial charge in [-0.05, 0) is 149 Å². The number of hydrogen-bond donors (Lipinski definition) is 12. The molecule has 3 aromatic carbocycles. The van der Waals surface area contributed by atoms with Gasteiger partial charge in [-0.2, -0.15) is 20.4 Å². The highest BCUT2D eigenvalue weighted by Gasteiger charge is 2.33. The first-order valence-electron chi connectivity index (χ1n) is 43.6. The van der Waals surface area contributed by atoms with Crippen molar-refractivity contribution in [2.75, 3.05) is 44.2 Å². The van der Waals surface area contributed by atoms with Crippen LogP contribution in [0.2, 0.25) is 5.02 Å². The molecule has 8 amide bonds. The van der Waals surface area contributed by atoms with Gasteiger partial charge < -0.3 is 79.9 Å². The lowest BCUT2D eigenvalue weighted by molar-refractivity contribution is -0.118. The van der Waals surface area contributed by atoms with E-state index in [1.807, 2.05) is 120 Å². The van der Waals surface area contributed by atoms with Crippen molar-refractivity contribution in [1.29, 1.82) is 0 Å². The molecule has 134 heavy (non-hydrogen) atoms. The predicted octanol–water partition coefficient (Wildman–Crippen LogP) is 16.3. The highest BCUT2D eigenvalue weighted by molar-refractivity contribution is 6.33. The average molecular weight is 1850 g/mol. The maximum atomic E-state index is 12.9. The van der Waals surface area contributed by atoms with Crippen LogP contribution < -0.4 is 67.1 Å². The number of nitrogens with two attached hydrogens (primary N) is 8. The number of aromatic nitrogens is 14. The molecule has 0 spiro atoms. The predicted molar refractivity (Wildman–Crippen MR) is 514 cm³/mol. The molecule has 39 heteroatoms. The lowest BCUT2D eigenvalue weighted by atomic mass is 9.87. The number of pyridine rings is 2. The Hall–Kier alpha value is -15.1. The second-order valence-electron chi connectivity index (χ2n) is 36.1. The summed E-state index contributed by atoms with van der Waals surface area (Å²) < 4.78 is 27.6. The maximum Gasteiger partial charge on any atom is 0.254 e. The molecule has 10 aromatic heterocycles. The number of nitrogens with zero attached hydrogens (tertiary/aromatic N) is 14. The van der Waals surface area contributed by atoms with Gasteiger partial charge in [0.05, 0.1) is 40.1 Å². The molecule has 0 bridgehead atoms. The molecular formula is C95H119ClN26O12. The van der Waals surface area contributed by atoms with Crippen LogP contribution in [0.25, 0.3) is 56.5 Å². The number of carbonyl (C=O) groups excluding carboxylic acids is 8. The van der Waals surface area contributed by atoms with E-state index in [-0.39, 0.29) is 115 Å². The van der Waals surface area contributed by atoms with Gasteiger partial charge in [-0.3, -0.25) is 53.6 Å². The van der Waals surface area contributed by atoms with Gasteiger partial charge in [-0.25, -0.2) is 18.7 Å². The molecular weight excluding hydrogens is 1730 g/mol. The molecule has 0 saturated carbocycles. The molecule has 0 saturated heterocycles. The molecule has 0 aliphatic heterocycles. The monoisotopic (exact) mass is 1850 g/mol. The van der Waals surface area contributed by atoms with E-state index in [0.717, 1.165) is 35.3 Å². The molecule has 38 nitrogen and oxygen atoms in total. The van der Waals surface area contributed by atoms with Crippen LogP contribution in [-0.4, -0.2) is 117 Å². The van der Waals surface area contributed by atoms with E-state index in [4.69, 9.17) is 75.6 Å². The molecule has 708 valence electrons. The number of amides is 8. The van der Waals surface area contributed by atoms with Crippen LogP contribution >= 0.6 is 11.6 Å². The van der Waals surface area contributed by atoms with Gasteiger partial charge in [-0.1, -0.05) is 167 Å². The molecule has 13 rings (SSSR count). The minimum absolute atomic E-state index is 0.0280. The fraction of sp³-hybridized carbons (Fsp3) is 0.368. The summed E-state index contributed by atoms with van der Waals surface area (Å²) in [5.41, 5.74) is 55.5. The number of nitrogen functional groups attached to an aromatic ring is 4. The van der Waals surface area contributed by atoms with Gasteiger partial charge in [-0.15, -0.1) is 0 Å². The first-order chi connectivity index (χ1) is 62.9.